The Morgan fingerprint density at radius 2 is 1.84 bits per heavy atom. The van der Waals surface area contributed by atoms with Gasteiger partial charge in [-0.2, -0.15) is 0 Å². The lowest BCUT2D eigenvalue weighted by Gasteiger charge is -2.47. The molecule has 0 amide bonds. The molecule has 0 aromatic rings. The molecule has 3 heteroatoms. The van der Waals surface area contributed by atoms with Crippen molar-refractivity contribution >= 4 is 0 Å². The third kappa shape index (κ3) is 3.14. The van der Waals surface area contributed by atoms with Crippen molar-refractivity contribution < 1.29 is 0 Å². The molecule has 1 unspecified atom stereocenters. The quantitative estimate of drug-likeness (QED) is 0.838. The fourth-order valence-electron chi connectivity index (χ4n) is 4.17. The first-order valence-corrected chi connectivity index (χ1v) is 8.43. The molecular formula is C16H31N3. The second-order valence-electron chi connectivity index (χ2n) is 7.16. The fraction of sp³-hybridized carbons (Fsp3) is 1.00. The minimum absolute atomic E-state index is 0.415. The van der Waals surface area contributed by atoms with Gasteiger partial charge in [-0.3, -0.25) is 4.90 Å². The van der Waals surface area contributed by atoms with E-state index in [1.807, 2.05) is 0 Å². The molecule has 0 spiro atoms. The van der Waals surface area contributed by atoms with E-state index in [4.69, 9.17) is 0 Å². The number of nitrogens with zero attached hydrogens (tertiary/aromatic N) is 2. The predicted molar refractivity (Wildman–Crippen MR) is 80.5 cm³/mol. The van der Waals surface area contributed by atoms with Gasteiger partial charge in [-0.1, -0.05) is 6.92 Å². The Bertz CT molecular complexity index is 294. The number of rotatable bonds is 4. The Balaban J connectivity index is 1.52. The first-order chi connectivity index (χ1) is 9.21. The zero-order valence-corrected chi connectivity index (χ0v) is 12.8. The summed E-state index contributed by atoms with van der Waals surface area (Å²) >= 11 is 0. The topological polar surface area (TPSA) is 18.5 Å². The van der Waals surface area contributed by atoms with Crippen LogP contribution in [0.15, 0.2) is 0 Å². The minimum Gasteiger partial charge on any atom is -0.309 e. The first-order valence-electron chi connectivity index (χ1n) is 8.43. The molecule has 2 aliphatic heterocycles. The highest BCUT2D eigenvalue weighted by Gasteiger charge is 2.44. The highest BCUT2D eigenvalue weighted by Crippen LogP contribution is 2.41. The lowest BCUT2D eigenvalue weighted by molar-refractivity contribution is 0.0520. The average Bonchev–Trinajstić information content (AvgIpc) is 3.25. The SMILES string of the molecule is CCCN1CCC(N2CCNC(C)(C3CC3)C2)CC1. The Morgan fingerprint density at radius 3 is 2.47 bits per heavy atom. The van der Waals surface area contributed by atoms with E-state index in [9.17, 15) is 0 Å². The van der Waals surface area contributed by atoms with E-state index >= 15 is 0 Å². The van der Waals surface area contributed by atoms with E-state index in [0.29, 0.717) is 5.54 Å². The molecule has 2 heterocycles. The molecule has 110 valence electrons. The van der Waals surface area contributed by atoms with Crippen molar-refractivity contribution in [1.29, 1.82) is 0 Å². The molecule has 0 bridgehead atoms. The highest BCUT2D eigenvalue weighted by atomic mass is 15.3. The number of hydrogen-bond donors (Lipinski definition) is 1. The predicted octanol–water partition coefficient (Wildman–Crippen LogP) is 1.93. The van der Waals surface area contributed by atoms with Crippen molar-refractivity contribution in [1.82, 2.24) is 15.1 Å². The summed E-state index contributed by atoms with van der Waals surface area (Å²) in [6.07, 6.45) is 6.98. The smallest absolute Gasteiger partial charge is 0.0309 e. The summed E-state index contributed by atoms with van der Waals surface area (Å²) in [5.74, 6) is 0.954. The van der Waals surface area contributed by atoms with E-state index < -0.39 is 0 Å². The molecule has 3 rings (SSSR count). The zero-order valence-electron chi connectivity index (χ0n) is 12.8. The minimum atomic E-state index is 0.415. The van der Waals surface area contributed by atoms with Crippen LogP contribution in [0.3, 0.4) is 0 Å². The molecule has 3 aliphatic rings. The van der Waals surface area contributed by atoms with E-state index in [0.717, 1.165) is 12.0 Å². The molecule has 19 heavy (non-hydrogen) atoms. The second-order valence-corrected chi connectivity index (χ2v) is 7.16. The van der Waals surface area contributed by atoms with Crippen molar-refractivity contribution in [3.63, 3.8) is 0 Å². The van der Waals surface area contributed by atoms with Crippen LogP contribution in [0.2, 0.25) is 0 Å². The summed E-state index contributed by atoms with van der Waals surface area (Å²) in [5, 5.41) is 3.80. The lowest BCUT2D eigenvalue weighted by Crippen LogP contribution is -2.62. The number of piperazine rings is 1. The van der Waals surface area contributed by atoms with Crippen LogP contribution in [0, 0.1) is 5.92 Å². The molecule has 0 aromatic carbocycles. The van der Waals surface area contributed by atoms with Crippen LogP contribution in [0.5, 0.6) is 0 Å². The van der Waals surface area contributed by atoms with Crippen LogP contribution < -0.4 is 5.32 Å². The number of hydrogen-bond acceptors (Lipinski definition) is 3. The fourth-order valence-corrected chi connectivity index (χ4v) is 4.17. The van der Waals surface area contributed by atoms with Crippen molar-refractivity contribution in [2.24, 2.45) is 5.92 Å². The molecule has 3 nitrogen and oxygen atoms in total. The van der Waals surface area contributed by atoms with Gasteiger partial charge in [0.1, 0.15) is 0 Å². The summed E-state index contributed by atoms with van der Waals surface area (Å²) in [7, 11) is 0. The lowest BCUT2D eigenvalue weighted by atomic mass is 9.90. The normalized spacial score (nSPS) is 35.7. The third-order valence-corrected chi connectivity index (χ3v) is 5.55. The molecular weight excluding hydrogens is 234 g/mol. The Morgan fingerprint density at radius 1 is 1.11 bits per heavy atom. The van der Waals surface area contributed by atoms with Crippen LogP contribution in [0.1, 0.15) is 46.0 Å². The number of nitrogens with one attached hydrogen (secondary N) is 1. The van der Waals surface area contributed by atoms with Crippen molar-refractivity contribution in [2.45, 2.75) is 57.5 Å². The van der Waals surface area contributed by atoms with Gasteiger partial charge in [0.25, 0.3) is 0 Å². The zero-order chi connectivity index (χ0) is 13.3. The number of piperidine rings is 1. The molecule has 1 aliphatic carbocycles. The van der Waals surface area contributed by atoms with Gasteiger partial charge in [-0.25, -0.2) is 0 Å². The van der Waals surface area contributed by atoms with Crippen molar-refractivity contribution in [2.75, 3.05) is 39.3 Å². The molecule has 2 saturated heterocycles. The maximum absolute atomic E-state index is 3.80. The van der Waals surface area contributed by atoms with E-state index in [1.165, 1.54) is 71.4 Å². The third-order valence-electron chi connectivity index (χ3n) is 5.55. The largest absolute Gasteiger partial charge is 0.309 e. The Labute approximate surface area is 118 Å². The first kappa shape index (κ1) is 13.8. The molecule has 3 fully saturated rings. The molecule has 1 saturated carbocycles. The van der Waals surface area contributed by atoms with Crippen LogP contribution in [-0.4, -0.2) is 60.6 Å². The summed E-state index contributed by atoms with van der Waals surface area (Å²) in [4.78, 5) is 5.46. The van der Waals surface area contributed by atoms with Gasteiger partial charge in [-0.05, 0) is 64.6 Å². The maximum atomic E-state index is 3.80. The van der Waals surface area contributed by atoms with Gasteiger partial charge in [0.15, 0.2) is 0 Å². The standard InChI is InChI=1S/C16H31N3/c1-3-9-18-10-6-15(7-11-18)19-12-8-17-16(2,13-19)14-4-5-14/h14-15,17H,3-13H2,1-2H3. The van der Waals surface area contributed by atoms with Gasteiger partial charge < -0.3 is 10.2 Å². The average molecular weight is 265 g/mol. The van der Waals surface area contributed by atoms with Gasteiger partial charge in [0, 0.05) is 31.2 Å². The molecule has 1 atom stereocenters. The summed E-state index contributed by atoms with van der Waals surface area (Å²) in [6.45, 7) is 12.4. The second kappa shape index (κ2) is 5.71. The van der Waals surface area contributed by atoms with E-state index in [-0.39, 0.29) is 0 Å². The number of likely N-dealkylation sites (tertiary alicyclic amines) is 1. The molecule has 0 aromatic heterocycles. The van der Waals surface area contributed by atoms with E-state index in [2.05, 4.69) is 29.0 Å². The summed E-state index contributed by atoms with van der Waals surface area (Å²) in [6, 6.07) is 0.855. The summed E-state index contributed by atoms with van der Waals surface area (Å²) < 4.78 is 0. The van der Waals surface area contributed by atoms with E-state index in [1.54, 1.807) is 0 Å². The van der Waals surface area contributed by atoms with Crippen LogP contribution in [0.25, 0.3) is 0 Å². The molecule has 1 N–H and O–H groups in total. The highest BCUT2D eigenvalue weighted by molar-refractivity contribution is 5.03. The van der Waals surface area contributed by atoms with Crippen molar-refractivity contribution in [3.05, 3.63) is 0 Å². The van der Waals surface area contributed by atoms with Crippen molar-refractivity contribution in [3.8, 4) is 0 Å². The van der Waals surface area contributed by atoms with Crippen LogP contribution in [0.4, 0.5) is 0 Å². The molecule has 0 radical (unpaired) electrons. The van der Waals surface area contributed by atoms with Gasteiger partial charge in [0.2, 0.25) is 0 Å². The monoisotopic (exact) mass is 265 g/mol. The maximum Gasteiger partial charge on any atom is 0.0309 e. The Hall–Kier alpha value is -0.120. The Kier molecular flexibility index (Phi) is 4.16. The van der Waals surface area contributed by atoms with Gasteiger partial charge in [0.05, 0.1) is 0 Å². The summed E-state index contributed by atoms with van der Waals surface area (Å²) in [5.41, 5.74) is 0.415. The van der Waals surface area contributed by atoms with Gasteiger partial charge in [-0.15, -0.1) is 0 Å². The van der Waals surface area contributed by atoms with Gasteiger partial charge >= 0.3 is 0 Å². The van der Waals surface area contributed by atoms with Crippen LogP contribution >= 0.6 is 0 Å². The van der Waals surface area contributed by atoms with Crippen LogP contribution in [-0.2, 0) is 0 Å².